The Labute approximate surface area is 176 Å². The predicted octanol–water partition coefficient (Wildman–Crippen LogP) is 5.76. The van der Waals surface area contributed by atoms with E-state index in [1.165, 1.54) is 0 Å². The summed E-state index contributed by atoms with van der Waals surface area (Å²) in [6, 6.07) is 31.6. The molecule has 0 aliphatic carbocycles. The molecule has 0 atom stereocenters. The SMILES string of the molecule is c1ccc(OCCOc2cc3ccccc3cc2OCCOc2ccccc2)cc1. The Balaban J connectivity index is 1.37. The van der Waals surface area contributed by atoms with Crippen molar-refractivity contribution in [3.8, 4) is 23.0 Å². The van der Waals surface area contributed by atoms with Crippen molar-refractivity contribution in [3.05, 3.63) is 97.1 Å². The second kappa shape index (κ2) is 10.2. The van der Waals surface area contributed by atoms with Crippen molar-refractivity contribution < 1.29 is 18.9 Å². The summed E-state index contributed by atoms with van der Waals surface area (Å²) in [5.41, 5.74) is 0. The molecule has 0 unspecified atom stereocenters. The van der Waals surface area contributed by atoms with E-state index in [2.05, 4.69) is 12.1 Å². The van der Waals surface area contributed by atoms with Crippen LogP contribution in [-0.4, -0.2) is 26.4 Å². The van der Waals surface area contributed by atoms with Gasteiger partial charge in [0.2, 0.25) is 0 Å². The molecule has 0 heterocycles. The Kier molecular flexibility index (Phi) is 6.69. The van der Waals surface area contributed by atoms with Crippen molar-refractivity contribution in [2.24, 2.45) is 0 Å². The summed E-state index contributed by atoms with van der Waals surface area (Å²) >= 11 is 0. The first kappa shape index (κ1) is 19.6. The van der Waals surface area contributed by atoms with Gasteiger partial charge < -0.3 is 18.9 Å². The molecule has 0 fully saturated rings. The van der Waals surface area contributed by atoms with Crippen LogP contribution < -0.4 is 18.9 Å². The highest BCUT2D eigenvalue weighted by atomic mass is 16.6. The molecule has 0 aliphatic rings. The van der Waals surface area contributed by atoms with E-state index in [0.717, 1.165) is 22.3 Å². The molecular weight excluding hydrogens is 376 g/mol. The summed E-state index contributed by atoms with van der Waals surface area (Å²) in [7, 11) is 0. The van der Waals surface area contributed by atoms with Crippen LogP contribution in [-0.2, 0) is 0 Å². The number of ether oxygens (including phenoxy) is 4. The largest absolute Gasteiger partial charge is 0.490 e. The van der Waals surface area contributed by atoms with E-state index in [1.807, 2.05) is 84.9 Å². The van der Waals surface area contributed by atoms with E-state index < -0.39 is 0 Å². The van der Waals surface area contributed by atoms with Crippen molar-refractivity contribution in [2.45, 2.75) is 0 Å². The van der Waals surface area contributed by atoms with Crippen LogP contribution in [0.3, 0.4) is 0 Å². The number of hydrogen-bond donors (Lipinski definition) is 0. The second-order valence-corrected chi connectivity index (χ2v) is 6.67. The van der Waals surface area contributed by atoms with Gasteiger partial charge in [0.05, 0.1) is 0 Å². The molecule has 152 valence electrons. The third-order valence-corrected chi connectivity index (χ3v) is 4.52. The number of fused-ring (bicyclic) bond motifs is 1. The summed E-state index contributed by atoms with van der Waals surface area (Å²) < 4.78 is 23.4. The van der Waals surface area contributed by atoms with E-state index in [4.69, 9.17) is 18.9 Å². The molecule has 4 nitrogen and oxygen atoms in total. The molecule has 4 aromatic rings. The van der Waals surface area contributed by atoms with Crippen LogP contribution in [0.2, 0.25) is 0 Å². The lowest BCUT2D eigenvalue weighted by atomic mass is 10.1. The molecule has 4 rings (SSSR count). The minimum atomic E-state index is 0.421. The minimum absolute atomic E-state index is 0.421. The molecule has 0 aromatic heterocycles. The van der Waals surface area contributed by atoms with Crippen molar-refractivity contribution >= 4 is 10.8 Å². The van der Waals surface area contributed by atoms with E-state index in [9.17, 15) is 0 Å². The highest BCUT2D eigenvalue weighted by Crippen LogP contribution is 2.32. The topological polar surface area (TPSA) is 36.9 Å². The lowest BCUT2D eigenvalue weighted by molar-refractivity contribution is 0.192. The average molecular weight is 400 g/mol. The monoisotopic (exact) mass is 400 g/mol. The average Bonchev–Trinajstić information content (AvgIpc) is 2.81. The summed E-state index contributed by atoms with van der Waals surface area (Å²) in [5, 5.41) is 2.20. The van der Waals surface area contributed by atoms with E-state index in [1.54, 1.807) is 0 Å². The Morgan fingerprint density at radius 3 is 1.20 bits per heavy atom. The van der Waals surface area contributed by atoms with Gasteiger partial charge in [0.15, 0.2) is 11.5 Å². The molecule has 0 aliphatic heterocycles. The quantitative estimate of drug-likeness (QED) is 0.317. The lowest BCUT2D eigenvalue weighted by Crippen LogP contribution is -2.12. The van der Waals surface area contributed by atoms with Gasteiger partial charge in [0.25, 0.3) is 0 Å². The van der Waals surface area contributed by atoms with Crippen molar-refractivity contribution in [1.29, 1.82) is 0 Å². The van der Waals surface area contributed by atoms with Gasteiger partial charge in [-0.1, -0.05) is 60.7 Å². The fraction of sp³-hybridized carbons (Fsp3) is 0.154. The smallest absolute Gasteiger partial charge is 0.161 e. The highest BCUT2D eigenvalue weighted by Gasteiger charge is 2.08. The van der Waals surface area contributed by atoms with E-state index >= 15 is 0 Å². The number of hydrogen-bond acceptors (Lipinski definition) is 4. The Morgan fingerprint density at radius 1 is 0.400 bits per heavy atom. The summed E-state index contributed by atoms with van der Waals surface area (Å²) in [6.45, 7) is 1.75. The van der Waals surface area contributed by atoms with Crippen LogP contribution in [0.1, 0.15) is 0 Å². The first-order chi connectivity index (χ1) is 14.9. The minimum Gasteiger partial charge on any atom is -0.490 e. The predicted molar refractivity (Wildman–Crippen MR) is 119 cm³/mol. The fourth-order valence-corrected chi connectivity index (χ4v) is 3.08. The first-order valence-electron chi connectivity index (χ1n) is 10.0. The Morgan fingerprint density at radius 2 is 0.767 bits per heavy atom. The zero-order chi connectivity index (χ0) is 20.4. The highest BCUT2D eigenvalue weighted by molar-refractivity contribution is 5.86. The fourth-order valence-electron chi connectivity index (χ4n) is 3.08. The third kappa shape index (κ3) is 5.45. The maximum Gasteiger partial charge on any atom is 0.161 e. The zero-order valence-corrected chi connectivity index (χ0v) is 16.7. The van der Waals surface area contributed by atoms with Crippen LogP contribution >= 0.6 is 0 Å². The molecular formula is C26H24O4. The summed E-state index contributed by atoms with van der Waals surface area (Å²) in [6.07, 6.45) is 0. The van der Waals surface area contributed by atoms with Crippen LogP contribution in [0.25, 0.3) is 10.8 Å². The molecule has 0 saturated carbocycles. The number of para-hydroxylation sites is 2. The molecule has 0 radical (unpaired) electrons. The van der Waals surface area contributed by atoms with Crippen molar-refractivity contribution in [2.75, 3.05) is 26.4 Å². The summed E-state index contributed by atoms with van der Waals surface area (Å²) in [4.78, 5) is 0. The van der Waals surface area contributed by atoms with E-state index in [-0.39, 0.29) is 0 Å². The molecule has 30 heavy (non-hydrogen) atoms. The zero-order valence-electron chi connectivity index (χ0n) is 16.7. The standard InChI is InChI=1S/C26H24O4/c1-3-11-23(12-4-1)27-15-17-29-25-19-21-9-7-8-10-22(21)20-26(25)30-18-16-28-24-13-5-2-6-14-24/h1-14,19-20H,15-18H2. The van der Waals surface area contributed by atoms with Gasteiger partial charge in [-0.05, 0) is 47.2 Å². The normalized spacial score (nSPS) is 10.5. The molecule has 0 saturated heterocycles. The van der Waals surface area contributed by atoms with Gasteiger partial charge in [-0.25, -0.2) is 0 Å². The van der Waals surface area contributed by atoms with Crippen molar-refractivity contribution in [1.82, 2.24) is 0 Å². The molecule has 0 N–H and O–H groups in total. The van der Waals surface area contributed by atoms with Crippen molar-refractivity contribution in [3.63, 3.8) is 0 Å². The van der Waals surface area contributed by atoms with Crippen LogP contribution in [0.4, 0.5) is 0 Å². The van der Waals surface area contributed by atoms with Crippen LogP contribution in [0.5, 0.6) is 23.0 Å². The van der Waals surface area contributed by atoms with E-state index in [0.29, 0.717) is 37.9 Å². The maximum absolute atomic E-state index is 5.99. The van der Waals surface area contributed by atoms with Gasteiger partial charge in [0, 0.05) is 0 Å². The molecule has 4 heteroatoms. The van der Waals surface area contributed by atoms with Crippen LogP contribution in [0.15, 0.2) is 97.1 Å². The first-order valence-corrected chi connectivity index (χ1v) is 10.0. The molecule has 0 amide bonds. The van der Waals surface area contributed by atoms with Gasteiger partial charge in [-0.2, -0.15) is 0 Å². The number of benzene rings is 4. The number of rotatable bonds is 10. The third-order valence-electron chi connectivity index (χ3n) is 4.52. The molecule has 0 spiro atoms. The van der Waals surface area contributed by atoms with Gasteiger partial charge in [-0.15, -0.1) is 0 Å². The van der Waals surface area contributed by atoms with Gasteiger partial charge in [0.1, 0.15) is 37.9 Å². The van der Waals surface area contributed by atoms with Gasteiger partial charge >= 0.3 is 0 Å². The maximum atomic E-state index is 5.99. The van der Waals surface area contributed by atoms with Gasteiger partial charge in [-0.3, -0.25) is 0 Å². The second-order valence-electron chi connectivity index (χ2n) is 6.67. The Hall–Kier alpha value is -3.66. The molecule has 0 bridgehead atoms. The molecule has 4 aromatic carbocycles. The van der Waals surface area contributed by atoms with Crippen LogP contribution in [0, 0.1) is 0 Å². The lowest BCUT2D eigenvalue weighted by Gasteiger charge is -2.15. The Bertz CT molecular complexity index is 962. The summed E-state index contributed by atoms with van der Waals surface area (Å²) in [5.74, 6) is 3.05.